The second kappa shape index (κ2) is 13.4. The van der Waals surface area contributed by atoms with E-state index in [1.807, 2.05) is 6.92 Å². The van der Waals surface area contributed by atoms with Crippen molar-refractivity contribution in [1.29, 1.82) is 0 Å². The minimum absolute atomic E-state index is 0.439. The van der Waals surface area contributed by atoms with Gasteiger partial charge in [0.05, 0.1) is 5.56 Å². The minimum Gasteiger partial charge on any atom is -0.473 e. The van der Waals surface area contributed by atoms with Crippen LogP contribution in [0.2, 0.25) is 0 Å². The number of likely N-dealkylation sites (N-methyl/N-ethyl adjacent to an activating group) is 1. The average Bonchev–Trinajstić information content (AvgIpc) is 3.17. The molecule has 0 aliphatic rings. The number of carbonyl (C=O) groups is 4. The SMILES string of the molecule is CCNCCc1cnc(-c2cccc(C(F)(F)F)c2)[nH]1.O=C(O)C(=O)O.O=C(O)C(=O)O. The van der Waals surface area contributed by atoms with Crippen LogP contribution in [0, 0.1) is 0 Å². The number of aliphatic carboxylic acids is 4. The number of alkyl halides is 3. The number of carboxylic acid groups (broad SMARTS) is 4. The lowest BCUT2D eigenvalue weighted by Gasteiger charge is -2.07. The van der Waals surface area contributed by atoms with Crippen molar-refractivity contribution in [3.8, 4) is 11.4 Å². The van der Waals surface area contributed by atoms with Gasteiger partial charge in [-0.1, -0.05) is 19.1 Å². The smallest absolute Gasteiger partial charge is 0.416 e. The van der Waals surface area contributed by atoms with Crippen LogP contribution in [0.15, 0.2) is 30.5 Å². The number of benzene rings is 1. The third-order valence-corrected chi connectivity index (χ3v) is 3.28. The standard InChI is InChI=1S/C14H16F3N3.2C2H2O4/c1-2-18-7-6-12-9-19-13(20-12)10-4-3-5-11(8-10)14(15,16)17;2*3-1(4)2(5)6/h3-5,8-9,18H,2,6-7H2,1H3,(H,19,20);2*(H,3,4)(H,5,6). The lowest BCUT2D eigenvalue weighted by molar-refractivity contribution is -0.159. The van der Waals surface area contributed by atoms with Gasteiger partial charge in [-0.25, -0.2) is 24.2 Å². The summed E-state index contributed by atoms with van der Waals surface area (Å²) in [6, 6.07) is 5.16. The first-order valence-electron chi connectivity index (χ1n) is 8.64. The molecular weight excluding hydrogens is 443 g/mol. The Labute approximate surface area is 178 Å². The highest BCUT2D eigenvalue weighted by Crippen LogP contribution is 2.31. The first-order chi connectivity index (χ1) is 14.8. The highest BCUT2D eigenvalue weighted by atomic mass is 19.4. The third-order valence-electron chi connectivity index (χ3n) is 3.28. The van der Waals surface area contributed by atoms with Gasteiger partial charge in [-0.15, -0.1) is 0 Å². The van der Waals surface area contributed by atoms with Crippen LogP contribution in [0.3, 0.4) is 0 Å². The van der Waals surface area contributed by atoms with E-state index in [9.17, 15) is 13.2 Å². The van der Waals surface area contributed by atoms with E-state index in [0.717, 1.165) is 37.3 Å². The van der Waals surface area contributed by atoms with Crippen LogP contribution < -0.4 is 5.32 Å². The Bertz CT molecular complexity index is 880. The predicted molar refractivity (Wildman–Crippen MR) is 102 cm³/mol. The molecule has 14 heteroatoms. The number of carboxylic acids is 4. The summed E-state index contributed by atoms with van der Waals surface area (Å²) in [4.78, 5) is 43.6. The zero-order chi connectivity index (χ0) is 24.9. The Morgan fingerprint density at radius 3 is 1.97 bits per heavy atom. The summed E-state index contributed by atoms with van der Waals surface area (Å²) in [5, 5.41) is 32.7. The molecule has 0 bridgehead atoms. The Kier molecular flexibility index (Phi) is 11.7. The highest BCUT2D eigenvalue weighted by molar-refractivity contribution is 6.27. The molecule has 11 nitrogen and oxygen atoms in total. The number of aromatic nitrogens is 2. The van der Waals surface area contributed by atoms with E-state index in [1.54, 1.807) is 12.3 Å². The summed E-state index contributed by atoms with van der Waals surface area (Å²) in [6.07, 6.45) is -1.91. The summed E-state index contributed by atoms with van der Waals surface area (Å²) in [7, 11) is 0. The molecule has 0 radical (unpaired) electrons. The van der Waals surface area contributed by atoms with Crippen LogP contribution >= 0.6 is 0 Å². The second-order valence-electron chi connectivity index (χ2n) is 5.66. The summed E-state index contributed by atoms with van der Waals surface area (Å²) >= 11 is 0. The van der Waals surface area contributed by atoms with E-state index < -0.39 is 35.6 Å². The van der Waals surface area contributed by atoms with Crippen molar-refractivity contribution in [2.75, 3.05) is 13.1 Å². The van der Waals surface area contributed by atoms with E-state index in [1.165, 1.54) is 6.07 Å². The molecule has 1 aromatic heterocycles. The van der Waals surface area contributed by atoms with Gasteiger partial charge >= 0.3 is 30.1 Å². The third kappa shape index (κ3) is 11.3. The molecule has 0 spiro atoms. The van der Waals surface area contributed by atoms with Gasteiger partial charge in [0.2, 0.25) is 0 Å². The number of nitrogens with one attached hydrogen (secondary N) is 2. The molecule has 0 aliphatic carbocycles. The van der Waals surface area contributed by atoms with Gasteiger partial charge in [-0.2, -0.15) is 13.2 Å². The van der Waals surface area contributed by atoms with E-state index in [0.29, 0.717) is 11.4 Å². The molecule has 6 N–H and O–H groups in total. The topological polar surface area (TPSA) is 190 Å². The lowest BCUT2D eigenvalue weighted by Crippen LogP contribution is -2.16. The van der Waals surface area contributed by atoms with Crippen molar-refractivity contribution in [3.63, 3.8) is 0 Å². The average molecular weight is 463 g/mol. The molecule has 1 aromatic carbocycles. The van der Waals surface area contributed by atoms with E-state index in [2.05, 4.69) is 15.3 Å². The van der Waals surface area contributed by atoms with Crippen molar-refractivity contribution in [1.82, 2.24) is 15.3 Å². The fourth-order valence-corrected chi connectivity index (χ4v) is 1.88. The Morgan fingerprint density at radius 1 is 1.00 bits per heavy atom. The van der Waals surface area contributed by atoms with Crippen LogP contribution in [0.25, 0.3) is 11.4 Å². The highest BCUT2D eigenvalue weighted by Gasteiger charge is 2.30. The predicted octanol–water partition coefficient (Wildman–Crippen LogP) is 1.56. The lowest BCUT2D eigenvalue weighted by atomic mass is 10.1. The van der Waals surface area contributed by atoms with Crippen LogP contribution in [0.1, 0.15) is 18.2 Å². The Hall–Kier alpha value is -3.94. The molecule has 0 unspecified atom stereocenters. The fourth-order valence-electron chi connectivity index (χ4n) is 1.88. The van der Waals surface area contributed by atoms with Crippen molar-refractivity contribution in [3.05, 3.63) is 41.7 Å². The molecular formula is C18H20F3N3O8. The van der Waals surface area contributed by atoms with Gasteiger partial charge in [-0.3, -0.25) is 0 Å². The summed E-state index contributed by atoms with van der Waals surface area (Å²) in [5.41, 5.74) is 0.675. The molecule has 0 saturated heterocycles. The number of hydrogen-bond acceptors (Lipinski definition) is 6. The van der Waals surface area contributed by atoms with Crippen LogP contribution in [0.5, 0.6) is 0 Å². The number of aromatic amines is 1. The molecule has 2 aromatic rings. The molecule has 2 rings (SSSR count). The van der Waals surface area contributed by atoms with Crippen LogP contribution in [-0.2, 0) is 31.8 Å². The monoisotopic (exact) mass is 463 g/mol. The van der Waals surface area contributed by atoms with Gasteiger partial charge in [0.25, 0.3) is 0 Å². The summed E-state index contributed by atoms with van der Waals surface area (Å²) < 4.78 is 38.0. The summed E-state index contributed by atoms with van der Waals surface area (Å²) in [6.45, 7) is 3.70. The van der Waals surface area contributed by atoms with Gasteiger partial charge in [0.1, 0.15) is 5.82 Å². The fraction of sp³-hybridized carbons (Fsp3) is 0.278. The molecule has 1 heterocycles. The van der Waals surface area contributed by atoms with Crippen LogP contribution in [0.4, 0.5) is 13.2 Å². The maximum absolute atomic E-state index is 12.7. The first kappa shape index (κ1) is 28.1. The Morgan fingerprint density at radius 2 is 1.53 bits per heavy atom. The van der Waals surface area contributed by atoms with Crippen LogP contribution in [-0.4, -0.2) is 67.4 Å². The van der Waals surface area contributed by atoms with Gasteiger partial charge in [0, 0.05) is 30.4 Å². The second-order valence-corrected chi connectivity index (χ2v) is 5.66. The maximum atomic E-state index is 12.7. The number of H-pyrrole nitrogens is 1. The quantitative estimate of drug-likeness (QED) is 0.280. The number of nitrogens with zero attached hydrogens (tertiary/aromatic N) is 1. The maximum Gasteiger partial charge on any atom is 0.416 e. The van der Waals surface area contributed by atoms with Crippen molar-refractivity contribution < 1.29 is 52.8 Å². The van der Waals surface area contributed by atoms with Crippen molar-refractivity contribution in [2.24, 2.45) is 0 Å². The van der Waals surface area contributed by atoms with Gasteiger partial charge < -0.3 is 30.7 Å². The molecule has 0 atom stereocenters. The molecule has 0 saturated carbocycles. The number of hydrogen-bond donors (Lipinski definition) is 6. The van der Waals surface area contributed by atoms with Gasteiger partial charge in [-0.05, 0) is 18.7 Å². The van der Waals surface area contributed by atoms with Crippen molar-refractivity contribution >= 4 is 23.9 Å². The zero-order valence-electron chi connectivity index (χ0n) is 16.5. The Balaban J connectivity index is 0.000000662. The molecule has 0 amide bonds. The largest absolute Gasteiger partial charge is 0.473 e. The molecule has 32 heavy (non-hydrogen) atoms. The van der Waals surface area contributed by atoms with E-state index in [-0.39, 0.29) is 0 Å². The summed E-state index contributed by atoms with van der Waals surface area (Å²) in [5.74, 6) is -6.84. The van der Waals surface area contributed by atoms with Gasteiger partial charge in [0.15, 0.2) is 0 Å². The number of halogens is 3. The molecule has 0 aliphatic heterocycles. The zero-order valence-corrected chi connectivity index (χ0v) is 16.5. The molecule has 0 fully saturated rings. The number of imidazole rings is 1. The molecule has 176 valence electrons. The van der Waals surface area contributed by atoms with E-state index in [4.69, 9.17) is 39.6 Å². The number of rotatable bonds is 5. The minimum atomic E-state index is -4.34. The first-order valence-corrected chi connectivity index (χ1v) is 8.64. The van der Waals surface area contributed by atoms with Crippen molar-refractivity contribution in [2.45, 2.75) is 19.5 Å². The normalized spacial score (nSPS) is 10.1. The van der Waals surface area contributed by atoms with E-state index >= 15 is 0 Å².